The lowest BCUT2D eigenvalue weighted by Gasteiger charge is -1.91. The number of hydrogen-bond acceptors (Lipinski definition) is 0. The van der Waals surface area contributed by atoms with Crippen molar-refractivity contribution < 1.29 is 0 Å². The largest absolute Gasteiger partial charge is 0.102 e. The summed E-state index contributed by atoms with van der Waals surface area (Å²) in [5.74, 6) is 18.3. The van der Waals surface area contributed by atoms with E-state index in [2.05, 4.69) is 58.4 Å². The molecular formula is C16H21Br. The van der Waals surface area contributed by atoms with Gasteiger partial charge in [-0.15, -0.1) is 11.8 Å². The number of hydrogen-bond donors (Lipinski definition) is 0. The van der Waals surface area contributed by atoms with Gasteiger partial charge in [-0.05, 0) is 6.42 Å². The molecule has 0 spiro atoms. The van der Waals surface area contributed by atoms with Crippen molar-refractivity contribution in [2.45, 2.75) is 58.3 Å². The third kappa shape index (κ3) is 15.2. The second kappa shape index (κ2) is 15.2. The molecule has 0 aromatic rings. The van der Waals surface area contributed by atoms with E-state index in [1.54, 1.807) is 0 Å². The lowest BCUT2D eigenvalue weighted by atomic mass is 10.1. The van der Waals surface area contributed by atoms with E-state index in [-0.39, 0.29) is 0 Å². The molecule has 0 rings (SSSR count). The van der Waals surface area contributed by atoms with Crippen molar-refractivity contribution in [3.8, 4) is 35.5 Å². The highest BCUT2D eigenvalue weighted by Crippen LogP contribution is 2.00. The van der Waals surface area contributed by atoms with E-state index in [0.29, 0.717) is 12.8 Å². The monoisotopic (exact) mass is 292 g/mol. The molecule has 0 saturated heterocycles. The van der Waals surface area contributed by atoms with Crippen LogP contribution in [0.4, 0.5) is 0 Å². The van der Waals surface area contributed by atoms with Crippen molar-refractivity contribution in [2.24, 2.45) is 0 Å². The summed E-state index contributed by atoms with van der Waals surface area (Å²) in [5, 5.41) is 0.941. The first-order valence-corrected chi connectivity index (χ1v) is 7.47. The Hall–Kier alpha value is -0.840. The Balaban J connectivity index is 3.41. The average Bonchev–Trinajstić information content (AvgIpc) is 2.35. The van der Waals surface area contributed by atoms with Gasteiger partial charge in [-0.1, -0.05) is 65.8 Å². The molecule has 0 aliphatic carbocycles. The predicted molar refractivity (Wildman–Crippen MR) is 79.7 cm³/mol. The number of alkyl halides is 1. The van der Waals surface area contributed by atoms with Crippen LogP contribution in [0.3, 0.4) is 0 Å². The molecule has 0 aromatic heterocycles. The van der Waals surface area contributed by atoms with Crippen LogP contribution >= 0.6 is 15.9 Å². The van der Waals surface area contributed by atoms with E-state index in [1.165, 1.54) is 25.7 Å². The smallest absolute Gasteiger partial charge is 0.0702 e. The minimum absolute atomic E-state index is 0.672. The molecule has 0 aliphatic heterocycles. The van der Waals surface area contributed by atoms with Gasteiger partial charge in [0.1, 0.15) is 0 Å². The third-order valence-corrected chi connectivity index (χ3v) is 2.50. The van der Waals surface area contributed by atoms with Gasteiger partial charge in [0.25, 0.3) is 0 Å². The predicted octanol–water partition coefficient (Wildman–Crippen LogP) is 4.53. The highest BCUT2D eigenvalue weighted by atomic mass is 79.9. The molecule has 17 heavy (non-hydrogen) atoms. The standard InChI is InChI=1S/C16H21Br/c1-2-3-4-5-6-7-8-9-10-11-12-13-14-15-16-17/h2-6,9,12,15-16H2,1H3. The summed E-state index contributed by atoms with van der Waals surface area (Å²) in [6, 6.07) is 0. The minimum Gasteiger partial charge on any atom is -0.102 e. The van der Waals surface area contributed by atoms with Gasteiger partial charge in [0.2, 0.25) is 0 Å². The fourth-order valence-electron chi connectivity index (χ4n) is 1.20. The highest BCUT2D eigenvalue weighted by Gasteiger charge is 1.83. The van der Waals surface area contributed by atoms with Crippen LogP contribution in [0, 0.1) is 35.5 Å². The van der Waals surface area contributed by atoms with Gasteiger partial charge in [-0.2, -0.15) is 0 Å². The summed E-state index contributed by atoms with van der Waals surface area (Å²) in [4.78, 5) is 0. The third-order valence-electron chi connectivity index (χ3n) is 2.10. The van der Waals surface area contributed by atoms with Crippen molar-refractivity contribution >= 4 is 15.9 Å². The van der Waals surface area contributed by atoms with E-state index in [0.717, 1.165) is 18.2 Å². The quantitative estimate of drug-likeness (QED) is 0.397. The van der Waals surface area contributed by atoms with E-state index >= 15 is 0 Å². The van der Waals surface area contributed by atoms with Crippen molar-refractivity contribution in [1.29, 1.82) is 0 Å². The zero-order chi connectivity index (χ0) is 12.6. The first kappa shape index (κ1) is 16.2. The molecule has 0 heterocycles. The number of rotatable bonds is 5. The fourth-order valence-corrected chi connectivity index (χ4v) is 1.40. The number of unbranched alkanes of at least 4 members (excludes halogenated alkanes) is 4. The maximum atomic E-state index is 3.33. The Labute approximate surface area is 115 Å². The first-order valence-electron chi connectivity index (χ1n) is 6.35. The first-order chi connectivity index (χ1) is 8.41. The molecule has 1 heteroatoms. The highest BCUT2D eigenvalue weighted by molar-refractivity contribution is 9.09. The van der Waals surface area contributed by atoms with Gasteiger partial charge < -0.3 is 0 Å². The summed E-state index contributed by atoms with van der Waals surface area (Å²) in [6.07, 6.45) is 8.43. The van der Waals surface area contributed by atoms with Crippen molar-refractivity contribution in [1.82, 2.24) is 0 Å². The van der Waals surface area contributed by atoms with Gasteiger partial charge in [0.15, 0.2) is 0 Å². The van der Waals surface area contributed by atoms with Crippen LogP contribution in [0.2, 0.25) is 0 Å². The minimum atomic E-state index is 0.672. The molecular weight excluding hydrogens is 272 g/mol. The Morgan fingerprint density at radius 3 is 1.88 bits per heavy atom. The topological polar surface area (TPSA) is 0 Å². The average molecular weight is 293 g/mol. The molecule has 0 radical (unpaired) electrons. The van der Waals surface area contributed by atoms with Gasteiger partial charge in [0.05, 0.1) is 12.8 Å². The van der Waals surface area contributed by atoms with E-state index in [1.807, 2.05) is 0 Å². The van der Waals surface area contributed by atoms with Crippen LogP contribution < -0.4 is 0 Å². The van der Waals surface area contributed by atoms with Crippen molar-refractivity contribution in [3.05, 3.63) is 0 Å². The maximum Gasteiger partial charge on any atom is 0.0702 e. The van der Waals surface area contributed by atoms with Crippen molar-refractivity contribution in [2.75, 3.05) is 5.33 Å². The summed E-state index contributed by atoms with van der Waals surface area (Å²) in [5.41, 5.74) is 0. The van der Waals surface area contributed by atoms with Gasteiger partial charge >= 0.3 is 0 Å². The normalized spacial score (nSPS) is 8.12. The van der Waals surface area contributed by atoms with Crippen LogP contribution in [0.1, 0.15) is 58.3 Å². The van der Waals surface area contributed by atoms with Gasteiger partial charge in [0, 0.05) is 18.2 Å². The summed E-state index contributed by atoms with van der Waals surface area (Å²) >= 11 is 3.33. The van der Waals surface area contributed by atoms with E-state index < -0.39 is 0 Å². The second-order valence-electron chi connectivity index (χ2n) is 3.66. The van der Waals surface area contributed by atoms with Crippen LogP contribution in [0.25, 0.3) is 0 Å². The lowest BCUT2D eigenvalue weighted by Crippen LogP contribution is -1.73. The summed E-state index contributed by atoms with van der Waals surface area (Å²) < 4.78 is 0. The molecule has 92 valence electrons. The van der Waals surface area contributed by atoms with Crippen molar-refractivity contribution in [3.63, 3.8) is 0 Å². The Kier molecular flexibility index (Phi) is 14.4. The Morgan fingerprint density at radius 1 is 0.706 bits per heavy atom. The van der Waals surface area contributed by atoms with Gasteiger partial charge in [-0.3, -0.25) is 0 Å². The van der Waals surface area contributed by atoms with E-state index in [4.69, 9.17) is 0 Å². The molecule has 0 bridgehead atoms. The molecule has 0 saturated carbocycles. The molecule has 0 aliphatic rings. The van der Waals surface area contributed by atoms with Crippen LogP contribution in [0.15, 0.2) is 0 Å². The molecule has 0 unspecified atom stereocenters. The fraction of sp³-hybridized carbons (Fsp3) is 0.625. The maximum absolute atomic E-state index is 3.33. The molecule has 0 atom stereocenters. The van der Waals surface area contributed by atoms with E-state index in [9.17, 15) is 0 Å². The van der Waals surface area contributed by atoms with Crippen LogP contribution in [0.5, 0.6) is 0 Å². The zero-order valence-corrected chi connectivity index (χ0v) is 12.3. The molecule has 0 N–H and O–H groups in total. The molecule has 0 fully saturated rings. The van der Waals surface area contributed by atoms with Crippen LogP contribution in [-0.4, -0.2) is 5.33 Å². The summed E-state index contributed by atoms with van der Waals surface area (Å²) in [7, 11) is 0. The van der Waals surface area contributed by atoms with Crippen LogP contribution in [-0.2, 0) is 0 Å². The number of halogens is 1. The lowest BCUT2D eigenvalue weighted by molar-refractivity contribution is 0.679. The Morgan fingerprint density at radius 2 is 1.29 bits per heavy atom. The molecule has 0 nitrogen and oxygen atoms in total. The molecule has 0 amide bonds. The second-order valence-corrected chi connectivity index (χ2v) is 4.46. The van der Waals surface area contributed by atoms with Gasteiger partial charge in [-0.25, -0.2) is 0 Å². The zero-order valence-electron chi connectivity index (χ0n) is 10.7. The molecule has 0 aromatic carbocycles. The SMILES string of the molecule is CCCCCCC#CCC#CCC#CCCBr. The summed E-state index contributed by atoms with van der Waals surface area (Å²) in [6.45, 7) is 2.22. The Bertz CT molecular complexity index is 335.